The van der Waals surface area contributed by atoms with Crippen molar-refractivity contribution < 1.29 is 28.6 Å². The third-order valence-electron chi connectivity index (χ3n) is 7.52. The molecule has 5 rings (SSSR count). The number of aliphatic hydroxyl groups excluding tert-OH is 1. The van der Waals surface area contributed by atoms with Crippen molar-refractivity contribution >= 4 is 39.0 Å². The van der Waals surface area contributed by atoms with Gasteiger partial charge in [0.15, 0.2) is 0 Å². The van der Waals surface area contributed by atoms with Crippen molar-refractivity contribution in [3.05, 3.63) is 70.7 Å². The van der Waals surface area contributed by atoms with Gasteiger partial charge in [0, 0.05) is 37.8 Å². The first-order valence-electron chi connectivity index (χ1n) is 13.7. The van der Waals surface area contributed by atoms with Crippen molar-refractivity contribution in [2.75, 3.05) is 13.2 Å². The number of pyridine rings is 1. The number of rotatable bonds is 12. The predicted octanol–water partition coefficient (Wildman–Crippen LogP) is 7.55. The maximum atomic E-state index is 11.3. The summed E-state index contributed by atoms with van der Waals surface area (Å²) in [6.07, 6.45) is 2.00. The normalized spacial score (nSPS) is 15.2. The van der Waals surface area contributed by atoms with Gasteiger partial charge in [-0.25, -0.2) is 9.55 Å². The van der Waals surface area contributed by atoms with Crippen LogP contribution in [0, 0.1) is 6.92 Å². The van der Waals surface area contributed by atoms with Crippen LogP contribution in [0.4, 0.5) is 0 Å². The second kappa shape index (κ2) is 11.9. The molecule has 1 saturated carbocycles. The first-order chi connectivity index (χ1) is 19.5. The molecule has 8 nitrogen and oxygen atoms in total. The zero-order valence-electron chi connectivity index (χ0n) is 23.7. The summed E-state index contributed by atoms with van der Waals surface area (Å²) >= 11 is 6.80. The molecule has 41 heavy (non-hydrogen) atoms. The van der Waals surface area contributed by atoms with Crippen molar-refractivity contribution in [2.24, 2.45) is 0 Å². The smallest absolute Gasteiger partial charge is 0.365 e. The fourth-order valence-electron chi connectivity index (χ4n) is 4.72. The van der Waals surface area contributed by atoms with E-state index in [1.807, 2.05) is 41.0 Å². The molecule has 4 aromatic rings. The number of aromatic nitrogens is 2. The van der Waals surface area contributed by atoms with E-state index in [9.17, 15) is 14.6 Å². The summed E-state index contributed by atoms with van der Waals surface area (Å²) in [5, 5.41) is 10.3. The molecule has 2 heterocycles. The predicted molar refractivity (Wildman–Crippen MR) is 165 cm³/mol. The standard InChI is InChI=1S/C30H36ClN2O6PSi/c1-20-5-10-23(15-27(20)39-40(35)36)38-28-17-25-26(33(28)19-37-13-14-41(2,3)4)16-24(31)29(32-25)21-6-8-22(9-7-21)30(18-34)11-12-30/h5-10,15-17,34,40H,11-14,18-19H2,1-4H3,(H,35,36). The topological polar surface area (TPSA) is 103 Å². The number of nitrogens with zero attached hydrogens (tertiary/aromatic N) is 2. The van der Waals surface area contributed by atoms with Crippen LogP contribution in [-0.4, -0.2) is 40.8 Å². The highest BCUT2D eigenvalue weighted by molar-refractivity contribution is 7.32. The Morgan fingerprint density at radius 1 is 1.10 bits per heavy atom. The van der Waals surface area contributed by atoms with Crippen LogP contribution >= 0.6 is 19.9 Å². The average molecular weight is 615 g/mol. The van der Waals surface area contributed by atoms with Crippen molar-refractivity contribution in [1.29, 1.82) is 0 Å². The van der Waals surface area contributed by atoms with Crippen LogP contribution in [0.2, 0.25) is 30.7 Å². The van der Waals surface area contributed by atoms with E-state index < -0.39 is 16.3 Å². The minimum atomic E-state index is -3.16. The van der Waals surface area contributed by atoms with Gasteiger partial charge in [-0.05, 0) is 49.1 Å². The molecule has 1 fully saturated rings. The van der Waals surface area contributed by atoms with Gasteiger partial charge in [0.1, 0.15) is 18.2 Å². The number of fused-ring (bicyclic) bond motifs is 1. The first kappa shape index (κ1) is 29.8. The molecule has 218 valence electrons. The van der Waals surface area contributed by atoms with Gasteiger partial charge in [0.2, 0.25) is 5.88 Å². The van der Waals surface area contributed by atoms with E-state index in [1.54, 1.807) is 25.1 Å². The van der Waals surface area contributed by atoms with E-state index in [-0.39, 0.29) is 24.5 Å². The van der Waals surface area contributed by atoms with Gasteiger partial charge in [-0.2, -0.15) is 0 Å². The molecule has 2 N–H and O–H groups in total. The van der Waals surface area contributed by atoms with Crippen LogP contribution in [0.25, 0.3) is 22.3 Å². The Labute approximate surface area is 246 Å². The van der Waals surface area contributed by atoms with E-state index in [4.69, 9.17) is 30.6 Å². The Morgan fingerprint density at radius 2 is 1.83 bits per heavy atom. The molecule has 0 saturated heterocycles. The molecule has 11 heteroatoms. The fraction of sp³-hybridized carbons (Fsp3) is 0.367. The average Bonchev–Trinajstić information content (AvgIpc) is 3.65. The zero-order valence-corrected chi connectivity index (χ0v) is 26.5. The Balaban J connectivity index is 1.49. The Hall–Kier alpha value is -2.65. The highest BCUT2D eigenvalue weighted by Gasteiger charge is 2.43. The van der Waals surface area contributed by atoms with E-state index >= 15 is 0 Å². The lowest BCUT2D eigenvalue weighted by molar-refractivity contribution is 0.0858. The van der Waals surface area contributed by atoms with E-state index in [1.165, 1.54) is 0 Å². The SMILES string of the molecule is Cc1ccc(Oc2cc3nc(-c4ccc(C5(CO)CC5)cc4)c(Cl)cc3n2COCC[Si](C)(C)C)cc1O[PH](=O)O. The summed E-state index contributed by atoms with van der Waals surface area (Å²) in [4.78, 5) is 14.2. The summed E-state index contributed by atoms with van der Waals surface area (Å²) in [6, 6.07) is 18.0. The van der Waals surface area contributed by atoms with Crippen molar-refractivity contribution in [3.63, 3.8) is 0 Å². The summed E-state index contributed by atoms with van der Waals surface area (Å²) in [7, 11) is -4.43. The van der Waals surface area contributed by atoms with Gasteiger partial charge in [-0.1, -0.05) is 61.6 Å². The summed E-state index contributed by atoms with van der Waals surface area (Å²) in [6.45, 7) is 9.74. The van der Waals surface area contributed by atoms with E-state index in [0.29, 0.717) is 34.5 Å². The number of hydrogen-bond acceptors (Lipinski definition) is 6. The Kier molecular flexibility index (Phi) is 8.67. The fourth-order valence-corrected chi connectivity index (χ4v) is 6.14. The maximum Gasteiger partial charge on any atom is 0.365 e. The summed E-state index contributed by atoms with van der Waals surface area (Å²) < 4.78 is 30.6. The molecule has 1 atom stereocenters. The molecule has 0 aliphatic heterocycles. The van der Waals surface area contributed by atoms with Gasteiger partial charge in [-0.3, -0.25) is 4.57 Å². The quantitative estimate of drug-likeness (QED) is 0.0964. The lowest BCUT2D eigenvalue weighted by Gasteiger charge is -2.17. The van der Waals surface area contributed by atoms with Crippen molar-refractivity contribution in [3.8, 4) is 28.6 Å². The van der Waals surface area contributed by atoms with Crippen LogP contribution in [0.1, 0.15) is 24.0 Å². The van der Waals surface area contributed by atoms with Gasteiger partial charge in [-0.15, -0.1) is 0 Å². The van der Waals surface area contributed by atoms with Gasteiger partial charge in [0.25, 0.3) is 0 Å². The lowest BCUT2D eigenvalue weighted by atomic mass is 9.95. The van der Waals surface area contributed by atoms with Crippen molar-refractivity contribution in [1.82, 2.24) is 9.55 Å². The minimum Gasteiger partial charge on any atom is -0.441 e. The van der Waals surface area contributed by atoms with Crippen LogP contribution in [0.3, 0.4) is 0 Å². The Bertz CT molecular complexity index is 1580. The third-order valence-corrected chi connectivity index (χ3v) is 9.91. The Morgan fingerprint density at radius 3 is 2.46 bits per heavy atom. The summed E-state index contributed by atoms with van der Waals surface area (Å²) in [5.74, 6) is 1.22. The molecule has 0 spiro atoms. The zero-order chi connectivity index (χ0) is 29.4. The monoisotopic (exact) mass is 614 g/mol. The molecule has 0 radical (unpaired) electrons. The van der Waals surface area contributed by atoms with Crippen LogP contribution < -0.4 is 9.26 Å². The number of benzene rings is 2. The number of ether oxygens (including phenoxy) is 2. The number of halogens is 1. The maximum absolute atomic E-state index is 11.3. The largest absolute Gasteiger partial charge is 0.441 e. The third kappa shape index (κ3) is 6.88. The van der Waals surface area contributed by atoms with Gasteiger partial charge >= 0.3 is 8.25 Å². The van der Waals surface area contributed by atoms with E-state index in [2.05, 4.69) is 19.6 Å². The number of aryl methyl sites for hydroxylation is 1. The molecule has 2 aromatic carbocycles. The molecular formula is C30H36ClN2O6PSi. The highest BCUT2D eigenvalue weighted by Crippen LogP contribution is 2.48. The van der Waals surface area contributed by atoms with Gasteiger partial charge < -0.3 is 24.0 Å². The molecule has 1 aliphatic rings. The van der Waals surface area contributed by atoms with Crippen LogP contribution in [-0.2, 0) is 21.4 Å². The first-order valence-corrected chi connectivity index (χ1v) is 19.0. The lowest BCUT2D eigenvalue weighted by Crippen LogP contribution is -2.22. The van der Waals surface area contributed by atoms with Crippen molar-refractivity contribution in [2.45, 2.75) is 57.6 Å². The second-order valence-electron chi connectivity index (χ2n) is 11.9. The van der Waals surface area contributed by atoms with Gasteiger partial charge in [0.05, 0.1) is 28.4 Å². The number of aliphatic hydroxyl groups is 1. The van der Waals surface area contributed by atoms with Crippen LogP contribution in [0.15, 0.2) is 54.6 Å². The molecular weight excluding hydrogens is 579 g/mol. The second-order valence-corrected chi connectivity index (χ2v) is 18.7. The molecule has 0 bridgehead atoms. The molecule has 0 amide bonds. The van der Waals surface area contributed by atoms with E-state index in [0.717, 1.165) is 41.1 Å². The summed E-state index contributed by atoms with van der Waals surface area (Å²) in [5.41, 5.74) is 4.74. The molecule has 2 aromatic heterocycles. The minimum absolute atomic E-state index is 0.104. The number of hydrogen-bond donors (Lipinski definition) is 2. The molecule has 1 unspecified atom stereocenters. The highest BCUT2D eigenvalue weighted by atomic mass is 35.5. The molecule has 1 aliphatic carbocycles. The van der Waals surface area contributed by atoms with Crippen LogP contribution in [0.5, 0.6) is 17.4 Å².